The summed E-state index contributed by atoms with van der Waals surface area (Å²) >= 11 is 11.7. The molecule has 152 valence electrons. The Kier molecular flexibility index (Phi) is 7.22. The zero-order valence-electron chi connectivity index (χ0n) is 15.7. The second-order valence-corrected chi connectivity index (χ2v) is 7.21. The van der Waals surface area contributed by atoms with Crippen molar-refractivity contribution in [1.29, 1.82) is 0 Å². The quantitative estimate of drug-likeness (QED) is 0.418. The molecule has 0 spiro atoms. The van der Waals surface area contributed by atoms with Crippen molar-refractivity contribution in [2.24, 2.45) is 0 Å². The number of nitrogens with one attached hydrogen (secondary N) is 1. The largest absolute Gasteiger partial charge is 0.448 e. The van der Waals surface area contributed by atoms with Crippen molar-refractivity contribution in [1.82, 2.24) is 5.32 Å². The number of ketones is 1. The molecule has 0 unspecified atom stereocenters. The highest BCUT2D eigenvalue weighted by atomic mass is 35.5. The van der Waals surface area contributed by atoms with Crippen LogP contribution in [0.25, 0.3) is 0 Å². The van der Waals surface area contributed by atoms with E-state index in [2.05, 4.69) is 5.32 Å². The van der Waals surface area contributed by atoms with E-state index in [9.17, 15) is 14.4 Å². The van der Waals surface area contributed by atoms with Gasteiger partial charge in [-0.2, -0.15) is 0 Å². The van der Waals surface area contributed by atoms with Crippen LogP contribution in [-0.4, -0.2) is 24.2 Å². The first-order valence-corrected chi connectivity index (χ1v) is 9.77. The van der Waals surface area contributed by atoms with Crippen LogP contribution < -0.4 is 5.32 Å². The summed E-state index contributed by atoms with van der Waals surface area (Å²) in [6.45, 7) is -0.395. The van der Waals surface area contributed by atoms with E-state index in [4.69, 9.17) is 27.9 Å². The van der Waals surface area contributed by atoms with Gasteiger partial charge >= 0.3 is 5.97 Å². The smallest absolute Gasteiger partial charge is 0.326 e. The Morgan fingerprint density at radius 1 is 0.767 bits per heavy atom. The molecule has 0 radical (unpaired) electrons. The molecule has 3 aromatic rings. The van der Waals surface area contributed by atoms with Crippen LogP contribution in [0, 0.1) is 0 Å². The number of rotatable bonds is 7. The molecular weight excluding hydrogens is 425 g/mol. The van der Waals surface area contributed by atoms with E-state index in [1.54, 1.807) is 78.9 Å². The minimum absolute atomic E-state index is 0.349. The van der Waals surface area contributed by atoms with E-state index in [0.717, 1.165) is 0 Å². The van der Waals surface area contributed by atoms with Crippen LogP contribution in [0.2, 0.25) is 10.0 Å². The number of carbonyl (C=O) groups excluding carboxylic acids is 3. The molecule has 0 aromatic heterocycles. The average molecular weight is 442 g/mol. The molecule has 7 heteroatoms. The summed E-state index contributed by atoms with van der Waals surface area (Å²) in [6.07, 6.45) is -1.16. The van der Waals surface area contributed by atoms with Crippen LogP contribution in [0.1, 0.15) is 32.4 Å². The first-order chi connectivity index (χ1) is 14.4. The van der Waals surface area contributed by atoms with Gasteiger partial charge in [-0.15, -0.1) is 0 Å². The van der Waals surface area contributed by atoms with Crippen LogP contribution in [0.5, 0.6) is 0 Å². The molecule has 0 heterocycles. The van der Waals surface area contributed by atoms with Crippen molar-refractivity contribution < 1.29 is 19.1 Å². The van der Waals surface area contributed by atoms with E-state index >= 15 is 0 Å². The molecule has 1 N–H and O–H groups in total. The van der Waals surface area contributed by atoms with Crippen LogP contribution in [0.3, 0.4) is 0 Å². The summed E-state index contributed by atoms with van der Waals surface area (Å²) < 4.78 is 5.43. The maximum Gasteiger partial charge on any atom is 0.326 e. The van der Waals surface area contributed by atoms with Gasteiger partial charge in [-0.05, 0) is 36.4 Å². The third-order valence-corrected chi connectivity index (χ3v) is 4.72. The molecular formula is C23H17Cl2NO4. The van der Waals surface area contributed by atoms with Gasteiger partial charge in [-0.25, -0.2) is 0 Å². The van der Waals surface area contributed by atoms with Crippen molar-refractivity contribution in [2.75, 3.05) is 6.54 Å². The number of halogens is 2. The molecule has 0 saturated carbocycles. The van der Waals surface area contributed by atoms with Crippen LogP contribution in [0.4, 0.5) is 0 Å². The monoisotopic (exact) mass is 441 g/mol. The highest BCUT2D eigenvalue weighted by Gasteiger charge is 2.26. The Labute approximate surface area is 183 Å². The third kappa shape index (κ3) is 5.69. The molecule has 0 aliphatic carbocycles. The van der Waals surface area contributed by atoms with Gasteiger partial charge in [-0.3, -0.25) is 14.4 Å². The minimum Gasteiger partial charge on any atom is -0.448 e. The van der Waals surface area contributed by atoms with Crippen LogP contribution in [-0.2, 0) is 9.53 Å². The molecule has 0 bridgehead atoms. The van der Waals surface area contributed by atoms with E-state index in [1.807, 2.05) is 0 Å². The van der Waals surface area contributed by atoms with Crippen molar-refractivity contribution in [3.8, 4) is 0 Å². The number of carbonyl (C=O) groups is 3. The fraction of sp³-hybridized carbons (Fsp3) is 0.0870. The van der Waals surface area contributed by atoms with E-state index in [1.165, 1.54) is 0 Å². The topological polar surface area (TPSA) is 72.5 Å². The van der Waals surface area contributed by atoms with Crippen LogP contribution in [0.15, 0.2) is 78.9 Å². The summed E-state index contributed by atoms with van der Waals surface area (Å²) in [7, 11) is 0. The molecule has 30 heavy (non-hydrogen) atoms. The summed E-state index contributed by atoms with van der Waals surface area (Å²) in [6, 6.07) is 21.2. The third-order valence-electron chi connectivity index (χ3n) is 4.22. The Morgan fingerprint density at radius 2 is 1.33 bits per heavy atom. The Morgan fingerprint density at radius 3 is 1.93 bits per heavy atom. The first-order valence-electron chi connectivity index (χ1n) is 9.02. The van der Waals surface area contributed by atoms with Crippen molar-refractivity contribution in [3.63, 3.8) is 0 Å². The number of amides is 1. The fourth-order valence-electron chi connectivity index (χ4n) is 2.69. The van der Waals surface area contributed by atoms with Crippen molar-refractivity contribution >= 4 is 40.9 Å². The van der Waals surface area contributed by atoms with Crippen molar-refractivity contribution in [3.05, 3.63) is 106 Å². The lowest BCUT2D eigenvalue weighted by atomic mass is 10.00. The predicted octanol–water partition coefficient (Wildman–Crippen LogP) is 4.89. The maximum atomic E-state index is 12.9. The van der Waals surface area contributed by atoms with Gasteiger partial charge in [-0.1, -0.05) is 65.7 Å². The molecule has 0 aliphatic rings. The second-order valence-electron chi connectivity index (χ2n) is 6.34. The summed E-state index contributed by atoms with van der Waals surface area (Å²) in [5, 5.41) is 3.46. The minimum atomic E-state index is -1.16. The number of benzene rings is 3. The molecule has 0 aliphatic heterocycles. The second kappa shape index (κ2) is 10.1. The molecule has 3 rings (SSSR count). The molecule has 3 aromatic carbocycles. The van der Waals surface area contributed by atoms with E-state index in [-0.39, 0.29) is 5.78 Å². The standard InChI is InChI=1S/C23H17Cl2NO4/c24-18-10-6-16(7-11-18)22(21(28)15-4-2-1-3-5-15)30-20(27)14-26-23(29)17-8-12-19(25)13-9-17/h1-13,22H,14H2,(H,26,29)/t22-/m1/s1. The Hall–Kier alpha value is -3.15. The molecule has 0 fully saturated rings. The summed E-state index contributed by atoms with van der Waals surface area (Å²) in [5.41, 5.74) is 1.22. The molecule has 1 atom stereocenters. The van der Waals surface area contributed by atoms with Gasteiger partial charge in [0.15, 0.2) is 6.10 Å². The Bertz CT molecular complexity index is 1040. The average Bonchev–Trinajstić information content (AvgIpc) is 2.77. The number of esters is 1. The number of Topliss-reactive ketones (excluding diaryl/α,β-unsaturated/α-hetero) is 1. The Balaban J connectivity index is 1.71. The highest BCUT2D eigenvalue weighted by molar-refractivity contribution is 6.30. The summed E-state index contributed by atoms with van der Waals surface area (Å²) in [4.78, 5) is 37.5. The molecule has 1 amide bonds. The highest BCUT2D eigenvalue weighted by Crippen LogP contribution is 2.24. The lowest BCUT2D eigenvalue weighted by Gasteiger charge is -2.18. The zero-order valence-corrected chi connectivity index (χ0v) is 17.2. The number of ether oxygens (including phenoxy) is 1. The van der Waals surface area contributed by atoms with Gasteiger partial charge in [0, 0.05) is 26.7 Å². The van der Waals surface area contributed by atoms with Gasteiger partial charge in [0.1, 0.15) is 6.54 Å². The van der Waals surface area contributed by atoms with E-state index in [0.29, 0.717) is 26.7 Å². The van der Waals surface area contributed by atoms with Gasteiger partial charge in [0.2, 0.25) is 5.78 Å². The zero-order chi connectivity index (χ0) is 21.5. The number of hydrogen-bond acceptors (Lipinski definition) is 4. The van der Waals surface area contributed by atoms with Gasteiger partial charge < -0.3 is 10.1 Å². The van der Waals surface area contributed by atoms with Gasteiger partial charge in [0.25, 0.3) is 5.91 Å². The number of hydrogen-bond donors (Lipinski definition) is 1. The SMILES string of the molecule is O=C(CNC(=O)c1ccc(Cl)cc1)O[C@@H](C(=O)c1ccccc1)c1ccc(Cl)cc1. The van der Waals surface area contributed by atoms with E-state index < -0.39 is 24.5 Å². The molecule has 5 nitrogen and oxygen atoms in total. The van der Waals surface area contributed by atoms with Gasteiger partial charge in [0.05, 0.1) is 0 Å². The molecule has 0 saturated heterocycles. The van der Waals surface area contributed by atoms with Crippen LogP contribution >= 0.6 is 23.2 Å². The maximum absolute atomic E-state index is 12.9. The summed E-state index contributed by atoms with van der Waals surface area (Å²) in [5.74, 6) is -1.59. The lowest BCUT2D eigenvalue weighted by Crippen LogP contribution is -2.32. The lowest BCUT2D eigenvalue weighted by molar-refractivity contribution is -0.146. The van der Waals surface area contributed by atoms with Crippen molar-refractivity contribution in [2.45, 2.75) is 6.10 Å². The first kappa shape index (κ1) is 21.6. The fourth-order valence-corrected chi connectivity index (χ4v) is 2.95. The predicted molar refractivity (Wildman–Crippen MR) is 115 cm³/mol. The normalized spacial score (nSPS) is 11.4.